The Morgan fingerprint density at radius 3 is 2.85 bits per heavy atom. The molecule has 0 aromatic heterocycles. The van der Waals surface area contributed by atoms with Gasteiger partial charge in [-0.05, 0) is 35.1 Å². The van der Waals surface area contributed by atoms with Crippen LogP contribution in [0, 0.1) is 5.92 Å². The van der Waals surface area contributed by atoms with Gasteiger partial charge >= 0.3 is 0 Å². The van der Waals surface area contributed by atoms with Gasteiger partial charge in [0.2, 0.25) is 0 Å². The maximum atomic E-state index is 13.4. The van der Waals surface area contributed by atoms with Crippen LogP contribution in [0.4, 0.5) is 4.39 Å². The van der Waals surface area contributed by atoms with E-state index in [0.29, 0.717) is 11.3 Å². The molecule has 1 aliphatic heterocycles. The van der Waals surface area contributed by atoms with Crippen molar-refractivity contribution in [1.82, 2.24) is 0 Å². The number of ether oxygens (including phenoxy) is 1. The number of rotatable bonds is 0. The standard InChI is InChI=1S/C17H11FO2/c18-11-6-8-14-13(9-11)17(19)16-12-4-2-1-3-10(12)5-7-15(16)20-14/h1-9,13-14H. The van der Waals surface area contributed by atoms with Crippen molar-refractivity contribution in [2.45, 2.75) is 6.10 Å². The second-order valence-corrected chi connectivity index (χ2v) is 5.04. The highest BCUT2D eigenvalue weighted by Gasteiger charge is 2.37. The molecular weight excluding hydrogens is 255 g/mol. The summed E-state index contributed by atoms with van der Waals surface area (Å²) in [5, 5.41) is 1.84. The number of benzene rings is 2. The van der Waals surface area contributed by atoms with E-state index in [9.17, 15) is 9.18 Å². The third kappa shape index (κ3) is 1.53. The highest BCUT2D eigenvalue weighted by atomic mass is 19.1. The number of carbonyl (C=O) groups is 1. The number of halogens is 1. The maximum Gasteiger partial charge on any atom is 0.178 e. The second kappa shape index (κ2) is 4.04. The summed E-state index contributed by atoms with van der Waals surface area (Å²) in [6, 6.07) is 11.4. The van der Waals surface area contributed by atoms with Gasteiger partial charge in [0, 0.05) is 0 Å². The van der Waals surface area contributed by atoms with Gasteiger partial charge in [-0.25, -0.2) is 4.39 Å². The first kappa shape index (κ1) is 11.4. The van der Waals surface area contributed by atoms with Crippen molar-refractivity contribution in [2.24, 2.45) is 5.92 Å². The monoisotopic (exact) mass is 266 g/mol. The van der Waals surface area contributed by atoms with Crippen LogP contribution in [0.3, 0.4) is 0 Å². The van der Waals surface area contributed by atoms with E-state index in [1.165, 1.54) is 12.2 Å². The van der Waals surface area contributed by atoms with Crippen molar-refractivity contribution >= 4 is 16.6 Å². The molecule has 2 nitrogen and oxygen atoms in total. The summed E-state index contributed by atoms with van der Waals surface area (Å²) in [5.74, 6) is -0.451. The summed E-state index contributed by atoms with van der Waals surface area (Å²) in [6.45, 7) is 0. The molecule has 0 amide bonds. The molecule has 2 atom stereocenters. The zero-order chi connectivity index (χ0) is 13.7. The minimum atomic E-state index is -0.571. The third-order valence-electron chi connectivity index (χ3n) is 3.84. The van der Waals surface area contributed by atoms with E-state index in [1.54, 1.807) is 6.08 Å². The van der Waals surface area contributed by atoms with E-state index >= 15 is 0 Å². The average molecular weight is 266 g/mol. The fourth-order valence-corrected chi connectivity index (χ4v) is 2.88. The highest BCUT2D eigenvalue weighted by molar-refractivity contribution is 6.13. The molecule has 4 rings (SSSR count). The van der Waals surface area contributed by atoms with Crippen molar-refractivity contribution in [3.05, 3.63) is 66.0 Å². The Bertz CT molecular complexity index is 789. The smallest absolute Gasteiger partial charge is 0.178 e. The van der Waals surface area contributed by atoms with E-state index in [4.69, 9.17) is 4.74 Å². The Morgan fingerprint density at radius 2 is 1.95 bits per heavy atom. The van der Waals surface area contributed by atoms with Crippen LogP contribution >= 0.6 is 0 Å². The largest absolute Gasteiger partial charge is 0.484 e. The predicted molar refractivity (Wildman–Crippen MR) is 74.5 cm³/mol. The fraction of sp³-hybridized carbons (Fsp3) is 0.118. The normalized spacial score (nSPS) is 23.9. The number of fused-ring (bicyclic) bond motifs is 4. The summed E-state index contributed by atoms with van der Waals surface area (Å²) in [5.41, 5.74) is 0.559. The van der Waals surface area contributed by atoms with Crippen LogP contribution in [-0.4, -0.2) is 11.9 Å². The molecule has 20 heavy (non-hydrogen) atoms. The van der Waals surface area contributed by atoms with Crippen molar-refractivity contribution in [3.63, 3.8) is 0 Å². The lowest BCUT2D eigenvalue weighted by molar-refractivity contribution is 0.0806. The minimum absolute atomic E-state index is 0.0763. The molecule has 0 spiro atoms. The SMILES string of the molecule is O=C1c2c(ccc3ccccc23)OC2C=CC(F)=CC12. The maximum absolute atomic E-state index is 13.4. The van der Waals surface area contributed by atoms with E-state index < -0.39 is 12.0 Å². The molecule has 0 saturated heterocycles. The van der Waals surface area contributed by atoms with Crippen LogP contribution in [0.5, 0.6) is 5.75 Å². The molecule has 0 radical (unpaired) electrons. The Kier molecular flexibility index (Phi) is 2.30. The summed E-state index contributed by atoms with van der Waals surface area (Å²) in [7, 11) is 0. The van der Waals surface area contributed by atoms with E-state index in [-0.39, 0.29) is 11.6 Å². The Labute approximate surface area is 115 Å². The molecule has 1 aliphatic carbocycles. The quantitative estimate of drug-likeness (QED) is 0.724. The molecule has 0 fully saturated rings. The summed E-state index contributed by atoms with van der Waals surface area (Å²) in [6.07, 6.45) is 3.89. The van der Waals surface area contributed by atoms with Gasteiger partial charge in [-0.3, -0.25) is 4.79 Å². The van der Waals surface area contributed by atoms with Gasteiger partial charge in [0.05, 0.1) is 11.5 Å². The van der Waals surface area contributed by atoms with Gasteiger partial charge in [0.15, 0.2) is 5.78 Å². The first-order valence-corrected chi connectivity index (χ1v) is 6.52. The number of Topliss-reactive ketones (excluding diaryl/α,β-unsaturated/α-hetero) is 1. The Balaban J connectivity index is 1.96. The van der Waals surface area contributed by atoms with Crippen LogP contribution in [0.2, 0.25) is 0 Å². The number of hydrogen-bond acceptors (Lipinski definition) is 2. The van der Waals surface area contributed by atoms with Gasteiger partial charge in [0.1, 0.15) is 17.7 Å². The molecule has 0 saturated carbocycles. The first-order chi connectivity index (χ1) is 9.74. The Hall–Kier alpha value is -2.42. The number of carbonyl (C=O) groups excluding carboxylic acids is 1. The van der Waals surface area contributed by atoms with Gasteiger partial charge in [-0.1, -0.05) is 30.3 Å². The first-order valence-electron chi connectivity index (χ1n) is 6.52. The van der Waals surface area contributed by atoms with Crippen LogP contribution < -0.4 is 4.74 Å². The molecule has 1 heterocycles. The fourth-order valence-electron chi connectivity index (χ4n) is 2.88. The molecule has 0 N–H and O–H groups in total. The third-order valence-corrected chi connectivity index (χ3v) is 3.84. The van der Waals surface area contributed by atoms with Crippen molar-refractivity contribution in [3.8, 4) is 5.75 Å². The van der Waals surface area contributed by atoms with Crippen molar-refractivity contribution in [2.75, 3.05) is 0 Å². The molecular formula is C17H11FO2. The number of ketones is 1. The molecule has 2 aromatic carbocycles. The zero-order valence-electron chi connectivity index (χ0n) is 10.5. The molecule has 2 unspecified atom stereocenters. The van der Waals surface area contributed by atoms with E-state index in [0.717, 1.165) is 10.8 Å². The van der Waals surface area contributed by atoms with Crippen LogP contribution in [-0.2, 0) is 0 Å². The zero-order valence-corrected chi connectivity index (χ0v) is 10.5. The van der Waals surface area contributed by atoms with Gasteiger partial charge < -0.3 is 4.74 Å². The topological polar surface area (TPSA) is 26.3 Å². The summed E-state index contributed by atoms with van der Waals surface area (Å²) >= 11 is 0. The molecule has 3 heteroatoms. The predicted octanol–water partition coefficient (Wildman–Crippen LogP) is 3.82. The lowest BCUT2D eigenvalue weighted by Crippen LogP contribution is -2.36. The summed E-state index contributed by atoms with van der Waals surface area (Å²) < 4.78 is 19.2. The summed E-state index contributed by atoms with van der Waals surface area (Å²) in [4.78, 5) is 12.7. The lowest BCUT2D eigenvalue weighted by atomic mass is 9.84. The van der Waals surface area contributed by atoms with E-state index in [2.05, 4.69) is 0 Å². The Morgan fingerprint density at radius 1 is 1.10 bits per heavy atom. The molecule has 0 bridgehead atoms. The van der Waals surface area contributed by atoms with Crippen LogP contribution in [0.25, 0.3) is 10.8 Å². The highest BCUT2D eigenvalue weighted by Crippen LogP contribution is 2.38. The molecule has 2 aliphatic rings. The van der Waals surface area contributed by atoms with E-state index in [1.807, 2.05) is 36.4 Å². The minimum Gasteiger partial charge on any atom is -0.484 e. The van der Waals surface area contributed by atoms with Gasteiger partial charge in [-0.15, -0.1) is 0 Å². The lowest BCUT2D eigenvalue weighted by Gasteiger charge is -2.31. The van der Waals surface area contributed by atoms with Crippen LogP contribution in [0.1, 0.15) is 10.4 Å². The second-order valence-electron chi connectivity index (χ2n) is 5.04. The van der Waals surface area contributed by atoms with Gasteiger partial charge in [0.25, 0.3) is 0 Å². The molecule has 2 aromatic rings. The van der Waals surface area contributed by atoms with Crippen LogP contribution in [0.15, 0.2) is 60.5 Å². The average Bonchev–Trinajstić information content (AvgIpc) is 2.48. The molecule has 98 valence electrons. The number of allylic oxidation sites excluding steroid dienone is 2. The number of hydrogen-bond donors (Lipinski definition) is 0. The van der Waals surface area contributed by atoms with Crippen molar-refractivity contribution < 1.29 is 13.9 Å². The van der Waals surface area contributed by atoms with Gasteiger partial charge in [-0.2, -0.15) is 0 Å². The van der Waals surface area contributed by atoms with Crippen molar-refractivity contribution in [1.29, 1.82) is 0 Å².